The summed E-state index contributed by atoms with van der Waals surface area (Å²) >= 11 is 0. The lowest BCUT2D eigenvalue weighted by Gasteiger charge is -2.33. The molecule has 1 aromatic rings. The maximum atomic E-state index is 11.3. The summed E-state index contributed by atoms with van der Waals surface area (Å²) < 4.78 is 0. The maximum absolute atomic E-state index is 11.3. The number of anilines is 1. The van der Waals surface area contributed by atoms with Crippen LogP contribution in [0.5, 0.6) is 0 Å². The fraction of sp³-hybridized carbons (Fsp3) is 0.471. The summed E-state index contributed by atoms with van der Waals surface area (Å²) in [5.74, 6) is -1.02. The molecule has 0 fully saturated rings. The zero-order valence-electron chi connectivity index (χ0n) is 13.4. The highest BCUT2D eigenvalue weighted by atomic mass is 16.4. The van der Waals surface area contributed by atoms with E-state index in [9.17, 15) is 9.90 Å². The van der Waals surface area contributed by atoms with E-state index in [1.165, 1.54) is 16.7 Å². The van der Waals surface area contributed by atoms with Crippen molar-refractivity contribution in [2.45, 2.75) is 40.7 Å². The number of aliphatic carboxylic acids is 1. The molecule has 1 aliphatic rings. The van der Waals surface area contributed by atoms with E-state index in [0.29, 0.717) is 6.67 Å². The number of carbonyl (C=O) groups excluding carboxylic acids is 1. The average Bonchev–Trinajstić information content (AvgIpc) is 2.75. The standard InChI is InChI=1S/C17H24N2O2/c1-11(2)15(17(20)21)18-6-7-19(10-18)16-13(4)8-12(3)9-14(16)5/h6-9,11,15H,10H2,1-5H3,(H,20,21)/p-1/t15-/m0/s1. The highest BCUT2D eigenvalue weighted by Crippen LogP contribution is 2.30. The van der Waals surface area contributed by atoms with Gasteiger partial charge in [0.25, 0.3) is 0 Å². The number of rotatable bonds is 4. The lowest BCUT2D eigenvalue weighted by Crippen LogP contribution is -2.49. The Labute approximate surface area is 126 Å². The smallest absolute Gasteiger partial charge is 0.0948 e. The minimum atomic E-state index is -1.02. The number of carbonyl (C=O) groups is 1. The average molecular weight is 287 g/mol. The van der Waals surface area contributed by atoms with Gasteiger partial charge < -0.3 is 19.7 Å². The molecule has 114 valence electrons. The van der Waals surface area contributed by atoms with Crippen molar-refractivity contribution >= 4 is 11.7 Å². The van der Waals surface area contributed by atoms with Crippen LogP contribution in [0.25, 0.3) is 0 Å². The fourth-order valence-corrected chi connectivity index (χ4v) is 3.18. The summed E-state index contributed by atoms with van der Waals surface area (Å²) in [6.45, 7) is 10.6. The molecular formula is C17H23N2O2-. The van der Waals surface area contributed by atoms with Crippen molar-refractivity contribution in [2.24, 2.45) is 5.92 Å². The van der Waals surface area contributed by atoms with Crippen molar-refractivity contribution in [3.63, 3.8) is 0 Å². The summed E-state index contributed by atoms with van der Waals surface area (Å²) in [7, 11) is 0. The lowest BCUT2D eigenvalue weighted by molar-refractivity contribution is -0.312. The predicted octanol–water partition coefficient (Wildman–Crippen LogP) is 1.94. The first-order chi connectivity index (χ1) is 9.81. The molecule has 0 aliphatic carbocycles. The first-order valence-corrected chi connectivity index (χ1v) is 7.30. The number of carboxylic acids is 1. The van der Waals surface area contributed by atoms with Crippen LogP contribution >= 0.6 is 0 Å². The van der Waals surface area contributed by atoms with Gasteiger partial charge in [0.05, 0.1) is 18.7 Å². The Balaban J connectivity index is 2.25. The number of carboxylic acid groups (broad SMARTS) is 1. The van der Waals surface area contributed by atoms with E-state index in [4.69, 9.17) is 0 Å². The van der Waals surface area contributed by atoms with Gasteiger partial charge >= 0.3 is 0 Å². The molecule has 1 atom stereocenters. The van der Waals surface area contributed by atoms with Crippen LogP contribution < -0.4 is 10.0 Å². The van der Waals surface area contributed by atoms with Crippen LogP contribution in [0.2, 0.25) is 0 Å². The van der Waals surface area contributed by atoms with Crippen LogP contribution in [0.3, 0.4) is 0 Å². The molecule has 1 aliphatic heterocycles. The van der Waals surface area contributed by atoms with Gasteiger partial charge in [0.2, 0.25) is 0 Å². The van der Waals surface area contributed by atoms with E-state index in [0.717, 1.165) is 5.69 Å². The molecule has 0 radical (unpaired) electrons. The zero-order valence-corrected chi connectivity index (χ0v) is 13.4. The second kappa shape index (κ2) is 5.80. The Morgan fingerprint density at radius 3 is 2.19 bits per heavy atom. The fourth-order valence-electron chi connectivity index (χ4n) is 3.18. The zero-order chi connectivity index (χ0) is 15.7. The predicted molar refractivity (Wildman–Crippen MR) is 82.6 cm³/mol. The van der Waals surface area contributed by atoms with Gasteiger partial charge in [0.1, 0.15) is 0 Å². The molecule has 2 rings (SSSR count). The van der Waals surface area contributed by atoms with Gasteiger partial charge in [0, 0.05) is 18.1 Å². The number of hydrogen-bond donors (Lipinski definition) is 0. The molecule has 0 amide bonds. The van der Waals surface area contributed by atoms with Gasteiger partial charge in [-0.3, -0.25) is 0 Å². The molecule has 21 heavy (non-hydrogen) atoms. The van der Waals surface area contributed by atoms with Crippen molar-refractivity contribution in [2.75, 3.05) is 11.6 Å². The summed E-state index contributed by atoms with van der Waals surface area (Å²) in [6.07, 6.45) is 3.79. The molecular weight excluding hydrogens is 264 g/mol. The van der Waals surface area contributed by atoms with Crippen LogP contribution in [0.4, 0.5) is 5.69 Å². The van der Waals surface area contributed by atoms with E-state index < -0.39 is 12.0 Å². The van der Waals surface area contributed by atoms with Crippen molar-refractivity contribution in [3.05, 3.63) is 41.2 Å². The van der Waals surface area contributed by atoms with Crippen molar-refractivity contribution in [3.8, 4) is 0 Å². The van der Waals surface area contributed by atoms with E-state index in [1.54, 1.807) is 0 Å². The largest absolute Gasteiger partial charge is 0.548 e. The lowest BCUT2D eigenvalue weighted by atomic mass is 10.0. The molecule has 1 aromatic carbocycles. The highest BCUT2D eigenvalue weighted by Gasteiger charge is 2.26. The van der Waals surface area contributed by atoms with Crippen LogP contribution in [-0.2, 0) is 4.79 Å². The third kappa shape index (κ3) is 3.04. The second-order valence-electron chi connectivity index (χ2n) is 6.18. The molecule has 0 unspecified atom stereocenters. The Morgan fingerprint density at radius 1 is 1.14 bits per heavy atom. The SMILES string of the molecule is Cc1cc(C)c(N2C=CN([C@H](C(=O)[O-])C(C)C)C2)c(C)c1. The Bertz CT molecular complexity index is 555. The molecule has 4 heteroatoms. The minimum Gasteiger partial charge on any atom is -0.548 e. The number of hydrogen-bond acceptors (Lipinski definition) is 4. The summed E-state index contributed by atoms with van der Waals surface area (Å²) in [5.41, 5.74) is 4.80. The van der Waals surface area contributed by atoms with Gasteiger partial charge in [-0.05, 0) is 37.8 Å². The molecule has 0 saturated heterocycles. The first kappa shape index (κ1) is 15.4. The first-order valence-electron chi connectivity index (χ1n) is 7.30. The van der Waals surface area contributed by atoms with E-state index in [-0.39, 0.29) is 5.92 Å². The second-order valence-corrected chi connectivity index (χ2v) is 6.18. The van der Waals surface area contributed by atoms with Crippen LogP contribution in [0, 0.1) is 26.7 Å². The van der Waals surface area contributed by atoms with Crippen LogP contribution in [0.1, 0.15) is 30.5 Å². The summed E-state index contributed by atoms with van der Waals surface area (Å²) in [4.78, 5) is 15.3. The Hall–Kier alpha value is -1.97. The summed E-state index contributed by atoms with van der Waals surface area (Å²) in [5, 5.41) is 11.3. The molecule has 0 spiro atoms. The normalized spacial score (nSPS) is 15.9. The molecule has 1 heterocycles. The van der Waals surface area contributed by atoms with E-state index in [1.807, 2.05) is 31.1 Å². The van der Waals surface area contributed by atoms with Crippen molar-refractivity contribution in [1.29, 1.82) is 0 Å². The molecule has 4 nitrogen and oxygen atoms in total. The van der Waals surface area contributed by atoms with Crippen molar-refractivity contribution < 1.29 is 9.90 Å². The quantitative estimate of drug-likeness (QED) is 0.849. The molecule has 0 N–H and O–H groups in total. The molecule has 0 bridgehead atoms. The van der Waals surface area contributed by atoms with Crippen LogP contribution in [-0.4, -0.2) is 23.6 Å². The van der Waals surface area contributed by atoms with Gasteiger partial charge in [-0.15, -0.1) is 0 Å². The molecule has 0 saturated carbocycles. The van der Waals surface area contributed by atoms with Gasteiger partial charge in [-0.1, -0.05) is 31.5 Å². The monoisotopic (exact) mass is 287 g/mol. The third-order valence-corrected chi connectivity index (χ3v) is 3.91. The van der Waals surface area contributed by atoms with E-state index in [2.05, 4.69) is 37.8 Å². The molecule has 0 aromatic heterocycles. The minimum absolute atomic E-state index is 0.000174. The number of aryl methyl sites for hydroxylation is 3. The van der Waals surface area contributed by atoms with Crippen molar-refractivity contribution in [1.82, 2.24) is 4.90 Å². The van der Waals surface area contributed by atoms with Gasteiger partial charge in [-0.25, -0.2) is 0 Å². The van der Waals surface area contributed by atoms with E-state index >= 15 is 0 Å². The maximum Gasteiger partial charge on any atom is 0.0948 e. The Morgan fingerprint density at radius 2 is 1.71 bits per heavy atom. The van der Waals surface area contributed by atoms with Gasteiger partial charge in [0.15, 0.2) is 0 Å². The number of nitrogens with zero attached hydrogens (tertiary/aromatic N) is 2. The topological polar surface area (TPSA) is 46.6 Å². The highest BCUT2D eigenvalue weighted by molar-refractivity contribution is 5.72. The van der Waals surface area contributed by atoms with Gasteiger partial charge in [-0.2, -0.15) is 0 Å². The number of benzene rings is 1. The third-order valence-electron chi connectivity index (χ3n) is 3.91. The van der Waals surface area contributed by atoms with Crippen LogP contribution in [0.15, 0.2) is 24.5 Å². The Kier molecular flexibility index (Phi) is 4.26. The summed E-state index contributed by atoms with van der Waals surface area (Å²) in [6, 6.07) is 3.70.